The van der Waals surface area contributed by atoms with Gasteiger partial charge in [0.25, 0.3) is 5.91 Å². The molecular formula is C19H20N4O2. The maximum absolute atomic E-state index is 12.8. The number of hydrogen-bond donors (Lipinski definition) is 2. The Hall–Kier alpha value is -3.15. The normalized spacial score (nSPS) is 10.7. The second kappa shape index (κ2) is 6.76. The van der Waals surface area contributed by atoms with Crippen LogP contribution in [-0.4, -0.2) is 40.3 Å². The first-order valence-corrected chi connectivity index (χ1v) is 8.02. The minimum absolute atomic E-state index is 0.0482. The average molecular weight is 336 g/mol. The molecule has 1 aromatic carbocycles. The fraction of sp³-hybridized carbons (Fsp3) is 0.211. The molecule has 2 aromatic heterocycles. The fourth-order valence-corrected chi connectivity index (χ4v) is 2.83. The molecular weight excluding hydrogens is 316 g/mol. The number of fused-ring (bicyclic) bond motifs is 1. The van der Waals surface area contributed by atoms with E-state index in [2.05, 4.69) is 15.3 Å². The third-order valence-electron chi connectivity index (χ3n) is 3.99. The van der Waals surface area contributed by atoms with Gasteiger partial charge in [-0.3, -0.25) is 9.59 Å². The van der Waals surface area contributed by atoms with Crippen LogP contribution in [0.25, 0.3) is 10.9 Å². The molecule has 0 aliphatic heterocycles. The number of nitrogens with zero attached hydrogens (tertiary/aromatic N) is 2. The molecule has 0 spiro atoms. The highest BCUT2D eigenvalue weighted by molar-refractivity contribution is 6.09. The highest BCUT2D eigenvalue weighted by Gasteiger charge is 2.21. The van der Waals surface area contributed by atoms with Crippen LogP contribution < -0.4 is 5.32 Å². The quantitative estimate of drug-likeness (QED) is 0.769. The molecule has 0 radical (unpaired) electrons. The lowest BCUT2D eigenvalue weighted by atomic mass is 10.1. The summed E-state index contributed by atoms with van der Waals surface area (Å²) in [5, 5.41) is 3.57. The second-order valence-corrected chi connectivity index (χ2v) is 6.04. The van der Waals surface area contributed by atoms with Crippen LogP contribution >= 0.6 is 0 Å². The van der Waals surface area contributed by atoms with Gasteiger partial charge in [0, 0.05) is 29.3 Å². The summed E-state index contributed by atoms with van der Waals surface area (Å²) in [7, 11) is 1.62. The van der Waals surface area contributed by atoms with E-state index < -0.39 is 0 Å². The van der Waals surface area contributed by atoms with Crippen molar-refractivity contribution in [2.24, 2.45) is 0 Å². The van der Waals surface area contributed by atoms with Crippen LogP contribution in [0.1, 0.15) is 21.7 Å². The molecule has 0 aliphatic rings. The van der Waals surface area contributed by atoms with Crippen molar-refractivity contribution >= 4 is 28.5 Å². The molecule has 3 aromatic rings. The van der Waals surface area contributed by atoms with Gasteiger partial charge >= 0.3 is 0 Å². The third kappa shape index (κ3) is 3.52. The van der Waals surface area contributed by atoms with Gasteiger partial charge in [-0.05, 0) is 32.0 Å². The molecule has 0 fully saturated rings. The molecule has 2 heterocycles. The van der Waals surface area contributed by atoms with Gasteiger partial charge < -0.3 is 15.2 Å². The minimum Gasteiger partial charge on any atom is -0.358 e. The van der Waals surface area contributed by atoms with Gasteiger partial charge in [-0.2, -0.15) is 0 Å². The molecule has 0 atom stereocenters. The van der Waals surface area contributed by atoms with Crippen LogP contribution in [0.4, 0.5) is 5.82 Å². The average Bonchev–Trinajstić information content (AvgIpc) is 2.89. The Morgan fingerprint density at radius 3 is 2.64 bits per heavy atom. The van der Waals surface area contributed by atoms with Gasteiger partial charge in [-0.1, -0.05) is 24.3 Å². The van der Waals surface area contributed by atoms with Crippen LogP contribution in [0.5, 0.6) is 0 Å². The largest absolute Gasteiger partial charge is 0.358 e. The number of anilines is 1. The van der Waals surface area contributed by atoms with E-state index in [4.69, 9.17) is 0 Å². The van der Waals surface area contributed by atoms with Gasteiger partial charge in [0.2, 0.25) is 5.91 Å². The summed E-state index contributed by atoms with van der Waals surface area (Å²) in [4.78, 5) is 33.8. The second-order valence-electron chi connectivity index (χ2n) is 6.04. The van der Waals surface area contributed by atoms with Crippen molar-refractivity contribution in [3.8, 4) is 0 Å². The van der Waals surface area contributed by atoms with Crippen molar-refractivity contribution in [3.05, 3.63) is 59.4 Å². The van der Waals surface area contributed by atoms with Crippen LogP contribution in [0.2, 0.25) is 0 Å². The van der Waals surface area contributed by atoms with Crippen molar-refractivity contribution in [1.82, 2.24) is 14.9 Å². The van der Waals surface area contributed by atoms with Crippen LogP contribution in [0.15, 0.2) is 42.5 Å². The molecule has 2 N–H and O–H groups in total. The van der Waals surface area contributed by atoms with E-state index in [0.29, 0.717) is 11.4 Å². The number of benzene rings is 1. The number of nitrogens with one attached hydrogen (secondary N) is 2. The van der Waals surface area contributed by atoms with Gasteiger partial charge in [-0.15, -0.1) is 0 Å². The molecule has 0 saturated heterocycles. The molecule has 25 heavy (non-hydrogen) atoms. The molecule has 2 amide bonds. The number of rotatable bonds is 4. The summed E-state index contributed by atoms with van der Waals surface area (Å²) < 4.78 is 0. The van der Waals surface area contributed by atoms with Gasteiger partial charge in [0.05, 0.1) is 12.1 Å². The molecule has 3 rings (SSSR count). The molecule has 0 aliphatic carbocycles. The Kier molecular flexibility index (Phi) is 4.52. The standard InChI is InChI=1S/C19H20N4O2/c1-12-7-6-10-16(20-12)22-17(24)11-23(3)19(25)18-13(2)21-15-9-5-4-8-14(15)18/h4-10,21H,11H2,1-3H3,(H,20,22,24). The third-order valence-corrected chi connectivity index (χ3v) is 3.99. The lowest BCUT2D eigenvalue weighted by Crippen LogP contribution is -2.35. The zero-order chi connectivity index (χ0) is 18.0. The molecule has 6 nitrogen and oxygen atoms in total. The van der Waals surface area contributed by atoms with E-state index >= 15 is 0 Å². The number of para-hydroxylation sites is 1. The molecule has 0 unspecified atom stereocenters. The molecule has 0 saturated carbocycles. The monoisotopic (exact) mass is 336 g/mol. The Balaban J connectivity index is 1.74. The number of amides is 2. The summed E-state index contributed by atoms with van der Waals surface area (Å²) in [6.45, 7) is 3.66. The summed E-state index contributed by atoms with van der Waals surface area (Å²) >= 11 is 0. The maximum atomic E-state index is 12.8. The van der Waals surface area contributed by atoms with Crippen molar-refractivity contribution in [3.63, 3.8) is 0 Å². The number of carbonyl (C=O) groups excluding carboxylic acids is 2. The summed E-state index contributed by atoms with van der Waals surface area (Å²) in [5.74, 6) is 0.00266. The van der Waals surface area contributed by atoms with E-state index in [1.54, 1.807) is 13.1 Å². The fourth-order valence-electron chi connectivity index (χ4n) is 2.83. The number of aromatic nitrogens is 2. The Labute approximate surface area is 145 Å². The van der Waals surface area contributed by atoms with Crippen molar-refractivity contribution in [2.75, 3.05) is 18.9 Å². The van der Waals surface area contributed by atoms with E-state index in [1.165, 1.54) is 4.90 Å². The summed E-state index contributed by atoms with van der Waals surface area (Å²) in [6, 6.07) is 13.0. The number of aromatic amines is 1. The zero-order valence-corrected chi connectivity index (χ0v) is 14.5. The lowest BCUT2D eigenvalue weighted by Gasteiger charge is -2.17. The van der Waals surface area contributed by atoms with Crippen molar-refractivity contribution in [2.45, 2.75) is 13.8 Å². The number of likely N-dealkylation sites (N-methyl/N-ethyl adjacent to an activating group) is 1. The summed E-state index contributed by atoms with van der Waals surface area (Å²) in [5.41, 5.74) is 3.11. The van der Waals surface area contributed by atoms with Crippen LogP contribution in [0, 0.1) is 13.8 Å². The highest BCUT2D eigenvalue weighted by atomic mass is 16.2. The predicted molar refractivity (Wildman–Crippen MR) is 97.6 cm³/mol. The van der Waals surface area contributed by atoms with Crippen LogP contribution in [-0.2, 0) is 4.79 Å². The van der Waals surface area contributed by atoms with E-state index in [-0.39, 0.29) is 18.4 Å². The topological polar surface area (TPSA) is 78.1 Å². The minimum atomic E-state index is -0.286. The van der Waals surface area contributed by atoms with Crippen LogP contribution in [0.3, 0.4) is 0 Å². The molecule has 6 heteroatoms. The first kappa shape index (κ1) is 16.7. The number of carbonyl (C=O) groups is 2. The predicted octanol–water partition coefficient (Wildman–Crippen LogP) is 2.89. The lowest BCUT2D eigenvalue weighted by molar-refractivity contribution is -0.116. The first-order valence-electron chi connectivity index (χ1n) is 8.02. The Bertz CT molecular complexity index is 946. The molecule has 128 valence electrons. The number of aryl methyl sites for hydroxylation is 2. The smallest absolute Gasteiger partial charge is 0.256 e. The van der Waals surface area contributed by atoms with Gasteiger partial charge in [-0.25, -0.2) is 4.98 Å². The SMILES string of the molecule is Cc1cccc(NC(=O)CN(C)C(=O)c2c(C)[nH]c3ccccc23)n1. The maximum Gasteiger partial charge on any atom is 0.256 e. The number of hydrogen-bond acceptors (Lipinski definition) is 3. The van der Waals surface area contributed by atoms with E-state index in [1.807, 2.05) is 50.2 Å². The van der Waals surface area contributed by atoms with Gasteiger partial charge in [0.15, 0.2) is 0 Å². The van der Waals surface area contributed by atoms with Crippen molar-refractivity contribution < 1.29 is 9.59 Å². The van der Waals surface area contributed by atoms with E-state index in [0.717, 1.165) is 22.3 Å². The Morgan fingerprint density at radius 2 is 1.88 bits per heavy atom. The summed E-state index contributed by atoms with van der Waals surface area (Å²) in [6.07, 6.45) is 0. The first-order chi connectivity index (χ1) is 12.0. The highest BCUT2D eigenvalue weighted by Crippen LogP contribution is 2.23. The number of H-pyrrole nitrogens is 1. The zero-order valence-electron chi connectivity index (χ0n) is 14.5. The number of pyridine rings is 1. The van der Waals surface area contributed by atoms with E-state index in [9.17, 15) is 9.59 Å². The Morgan fingerprint density at radius 1 is 1.12 bits per heavy atom. The van der Waals surface area contributed by atoms with Gasteiger partial charge in [0.1, 0.15) is 5.82 Å². The molecule has 0 bridgehead atoms. The van der Waals surface area contributed by atoms with Crippen molar-refractivity contribution in [1.29, 1.82) is 0 Å².